The Morgan fingerprint density at radius 3 is 1.93 bits per heavy atom. The van der Waals surface area contributed by atoms with Gasteiger partial charge in [0.2, 0.25) is 5.78 Å². The van der Waals surface area contributed by atoms with Crippen molar-refractivity contribution in [3.63, 3.8) is 0 Å². The quantitative estimate of drug-likeness (QED) is 0.267. The van der Waals surface area contributed by atoms with E-state index in [1.807, 2.05) is 56.3 Å². The monoisotopic (exact) mass is 371 g/mol. The van der Waals surface area contributed by atoms with Crippen LogP contribution in [0.15, 0.2) is 84.0 Å². The summed E-state index contributed by atoms with van der Waals surface area (Å²) in [4.78, 5) is 30.2. The first-order valence-electron chi connectivity index (χ1n) is 9.03. The molecule has 0 fully saturated rings. The van der Waals surface area contributed by atoms with Gasteiger partial charge in [0.1, 0.15) is 5.71 Å². The second kappa shape index (κ2) is 8.91. The Kier molecular flexibility index (Phi) is 6.12. The van der Waals surface area contributed by atoms with Crippen molar-refractivity contribution in [2.24, 2.45) is 5.16 Å². The average Bonchev–Trinajstić information content (AvgIpc) is 2.73. The highest BCUT2D eigenvalue weighted by Crippen LogP contribution is 2.11. The molecule has 0 saturated carbocycles. The number of benzene rings is 3. The number of oxime groups is 1. The minimum Gasteiger partial charge on any atom is -0.312 e. The molecule has 0 N–H and O–H groups in total. The van der Waals surface area contributed by atoms with Gasteiger partial charge in [0, 0.05) is 12.0 Å². The predicted octanol–water partition coefficient (Wildman–Crippen LogP) is 4.94. The number of hydrogen-bond donors (Lipinski definition) is 0. The molecule has 140 valence electrons. The Bertz CT molecular complexity index is 988. The van der Waals surface area contributed by atoms with Crippen LogP contribution in [-0.2, 0) is 11.3 Å². The van der Waals surface area contributed by atoms with Crippen LogP contribution in [0.3, 0.4) is 0 Å². The van der Waals surface area contributed by atoms with Crippen molar-refractivity contribution in [2.45, 2.75) is 20.3 Å². The first kappa shape index (κ1) is 19.2. The standard InChI is InChI=1S/C24H21NO3/c1-17-8-12-19(13-9-17)16-22(23(26)20-14-10-18(2)11-15-20)25-28-24(27)21-6-4-3-5-7-21/h3-15H,16H2,1-2H3. The topological polar surface area (TPSA) is 55.7 Å². The van der Waals surface area contributed by atoms with E-state index in [1.54, 1.807) is 36.4 Å². The van der Waals surface area contributed by atoms with Gasteiger partial charge in [-0.25, -0.2) is 4.79 Å². The van der Waals surface area contributed by atoms with Gasteiger partial charge in [-0.15, -0.1) is 0 Å². The minimum atomic E-state index is -0.598. The molecule has 0 aliphatic carbocycles. The maximum Gasteiger partial charge on any atom is 0.365 e. The van der Waals surface area contributed by atoms with Crippen LogP contribution in [-0.4, -0.2) is 17.5 Å². The number of Topliss-reactive ketones (excluding diaryl/α,β-unsaturated/α-hetero) is 1. The number of ketones is 1. The van der Waals surface area contributed by atoms with E-state index in [4.69, 9.17) is 4.84 Å². The van der Waals surface area contributed by atoms with E-state index in [0.29, 0.717) is 11.1 Å². The molecule has 0 spiro atoms. The summed E-state index contributed by atoms with van der Waals surface area (Å²) in [7, 11) is 0. The largest absolute Gasteiger partial charge is 0.365 e. The fourth-order valence-corrected chi connectivity index (χ4v) is 2.65. The van der Waals surface area contributed by atoms with Crippen molar-refractivity contribution >= 4 is 17.5 Å². The number of rotatable bonds is 6. The molecule has 0 aliphatic heterocycles. The molecule has 4 nitrogen and oxygen atoms in total. The van der Waals surface area contributed by atoms with E-state index >= 15 is 0 Å². The van der Waals surface area contributed by atoms with E-state index in [-0.39, 0.29) is 17.9 Å². The molecule has 4 heteroatoms. The highest BCUT2D eigenvalue weighted by atomic mass is 16.7. The zero-order valence-electron chi connectivity index (χ0n) is 15.9. The third kappa shape index (κ3) is 5.01. The van der Waals surface area contributed by atoms with Crippen LogP contribution < -0.4 is 0 Å². The van der Waals surface area contributed by atoms with Gasteiger partial charge in [-0.05, 0) is 31.5 Å². The third-order valence-electron chi connectivity index (χ3n) is 4.32. The second-order valence-corrected chi connectivity index (χ2v) is 6.64. The van der Waals surface area contributed by atoms with Gasteiger partial charge < -0.3 is 4.84 Å². The molecule has 0 saturated heterocycles. The summed E-state index contributed by atoms with van der Waals surface area (Å²) in [5.41, 5.74) is 4.17. The molecule has 0 heterocycles. The number of carbonyl (C=O) groups excluding carboxylic acids is 2. The maximum atomic E-state index is 13.0. The smallest absolute Gasteiger partial charge is 0.312 e. The zero-order valence-corrected chi connectivity index (χ0v) is 15.9. The number of hydrogen-bond acceptors (Lipinski definition) is 4. The lowest BCUT2D eigenvalue weighted by atomic mass is 9.99. The molecule has 0 radical (unpaired) electrons. The zero-order chi connectivity index (χ0) is 19.9. The Balaban J connectivity index is 1.86. The third-order valence-corrected chi connectivity index (χ3v) is 4.32. The van der Waals surface area contributed by atoms with Crippen molar-refractivity contribution < 1.29 is 14.4 Å². The lowest BCUT2D eigenvalue weighted by molar-refractivity contribution is 0.0515. The molecule has 3 aromatic rings. The maximum absolute atomic E-state index is 13.0. The van der Waals surface area contributed by atoms with Crippen LogP contribution in [0.25, 0.3) is 0 Å². The lowest BCUT2D eigenvalue weighted by Crippen LogP contribution is -2.19. The van der Waals surface area contributed by atoms with E-state index in [0.717, 1.165) is 16.7 Å². The Morgan fingerprint density at radius 1 is 0.750 bits per heavy atom. The van der Waals surface area contributed by atoms with Gasteiger partial charge in [0.05, 0.1) is 5.56 Å². The van der Waals surface area contributed by atoms with Gasteiger partial charge >= 0.3 is 5.97 Å². The summed E-state index contributed by atoms with van der Waals surface area (Å²) >= 11 is 0. The molecule has 28 heavy (non-hydrogen) atoms. The van der Waals surface area contributed by atoms with Crippen LogP contribution in [0, 0.1) is 13.8 Å². The van der Waals surface area contributed by atoms with Crippen molar-refractivity contribution in [2.75, 3.05) is 0 Å². The first-order chi connectivity index (χ1) is 13.5. The fraction of sp³-hybridized carbons (Fsp3) is 0.125. The van der Waals surface area contributed by atoms with Gasteiger partial charge in [-0.1, -0.05) is 83.0 Å². The van der Waals surface area contributed by atoms with Gasteiger partial charge in [-0.2, -0.15) is 0 Å². The van der Waals surface area contributed by atoms with Crippen LogP contribution >= 0.6 is 0 Å². The summed E-state index contributed by atoms with van der Waals surface area (Å²) in [6.07, 6.45) is 0.273. The SMILES string of the molecule is Cc1ccc(CC(=NOC(=O)c2ccccc2)C(=O)c2ccc(C)cc2)cc1. The van der Waals surface area contributed by atoms with Gasteiger partial charge in [0.15, 0.2) is 0 Å². The lowest BCUT2D eigenvalue weighted by Gasteiger charge is -2.07. The van der Waals surface area contributed by atoms with Crippen LogP contribution in [0.1, 0.15) is 37.4 Å². The molecule has 0 aromatic heterocycles. The van der Waals surface area contributed by atoms with Gasteiger partial charge in [-0.3, -0.25) is 4.79 Å². The molecule has 0 unspecified atom stereocenters. The number of aryl methyl sites for hydroxylation is 2. The van der Waals surface area contributed by atoms with Crippen molar-refractivity contribution in [3.05, 3.63) is 107 Å². The summed E-state index contributed by atoms with van der Waals surface area (Å²) in [5, 5.41) is 3.93. The number of nitrogens with zero attached hydrogens (tertiary/aromatic N) is 1. The predicted molar refractivity (Wildman–Crippen MR) is 110 cm³/mol. The molecule has 3 aromatic carbocycles. The Labute approximate surface area is 164 Å². The highest BCUT2D eigenvalue weighted by Gasteiger charge is 2.17. The van der Waals surface area contributed by atoms with E-state index in [1.165, 1.54) is 0 Å². The van der Waals surface area contributed by atoms with Crippen LogP contribution in [0.5, 0.6) is 0 Å². The molecule has 0 aliphatic rings. The summed E-state index contributed by atoms with van der Waals surface area (Å²) < 4.78 is 0. The number of carbonyl (C=O) groups is 2. The molecular weight excluding hydrogens is 350 g/mol. The highest BCUT2D eigenvalue weighted by molar-refractivity contribution is 6.46. The molecule has 0 amide bonds. The molecule has 0 bridgehead atoms. The normalized spacial score (nSPS) is 11.1. The molecule has 3 rings (SSSR count). The summed E-state index contributed by atoms with van der Waals surface area (Å²) in [5.74, 6) is -0.861. The molecular formula is C24H21NO3. The van der Waals surface area contributed by atoms with Crippen molar-refractivity contribution in [1.29, 1.82) is 0 Å². The van der Waals surface area contributed by atoms with Crippen LogP contribution in [0.2, 0.25) is 0 Å². The van der Waals surface area contributed by atoms with Crippen molar-refractivity contribution in [1.82, 2.24) is 0 Å². The Hall–Kier alpha value is -3.53. The van der Waals surface area contributed by atoms with E-state index < -0.39 is 5.97 Å². The van der Waals surface area contributed by atoms with Crippen molar-refractivity contribution in [3.8, 4) is 0 Å². The second-order valence-electron chi connectivity index (χ2n) is 6.64. The minimum absolute atomic E-state index is 0.178. The molecule has 0 atom stereocenters. The van der Waals surface area contributed by atoms with Gasteiger partial charge in [0.25, 0.3) is 0 Å². The Morgan fingerprint density at radius 2 is 1.32 bits per heavy atom. The van der Waals surface area contributed by atoms with E-state index in [9.17, 15) is 9.59 Å². The summed E-state index contributed by atoms with van der Waals surface area (Å²) in [6, 6.07) is 23.6. The summed E-state index contributed by atoms with van der Waals surface area (Å²) in [6.45, 7) is 3.95. The van der Waals surface area contributed by atoms with Crippen LogP contribution in [0.4, 0.5) is 0 Å². The van der Waals surface area contributed by atoms with E-state index in [2.05, 4.69) is 5.16 Å². The first-order valence-corrected chi connectivity index (χ1v) is 9.03. The fourth-order valence-electron chi connectivity index (χ4n) is 2.65. The average molecular weight is 371 g/mol.